The Bertz CT molecular complexity index is 273. The van der Waals surface area contributed by atoms with E-state index < -0.39 is 12.0 Å². The van der Waals surface area contributed by atoms with Gasteiger partial charge in [-0.15, -0.1) is 0 Å². The Hall–Kier alpha value is -1.10. The first-order valence-corrected chi connectivity index (χ1v) is 6.25. The van der Waals surface area contributed by atoms with Crippen molar-refractivity contribution in [2.75, 3.05) is 19.6 Å². The van der Waals surface area contributed by atoms with Crippen LogP contribution in [0.2, 0.25) is 0 Å². The Morgan fingerprint density at radius 2 is 1.82 bits per heavy atom. The summed E-state index contributed by atoms with van der Waals surface area (Å²) in [7, 11) is 0. The van der Waals surface area contributed by atoms with Gasteiger partial charge in [0, 0.05) is 0 Å². The molecule has 0 saturated carbocycles. The Kier molecular flexibility index (Phi) is 5.41. The topological polar surface area (TPSA) is 69.6 Å². The maximum atomic E-state index is 11.7. The highest BCUT2D eigenvalue weighted by Gasteiger charge is 2.24. The van der Waals surface area contributed by atoms with Crippen LogP contribution < -0.4 is 5.32 Å². The summed E-state index contributed by atoms with van der Waals surface area (Å²) in [4.78, 5) is 24.7. The van der Waals surface area contributed by atoms with E-state index in [1.807, 2.05) is 0 Å². The summed E-state index contributed by atoms with van der Waals surface area (Å²) >= 11 is 0. The third-order valence-electron chi connectivity index (χ3n) is 3.07. The number of nitrogens with zero attached hydrogens (tertiary/aromatic N) is 1. The van der Waals surface area contributed by atoms with E-state index in [9.17, 15) is 9.59 Å². The van der Waals surface area contributed by atoms with E-state index in [0.717, 1.165) is 25.9 Å². The Balaban J connectivity index is 2.38. The maximum Gasteiger partial charge on any atom is 0.326 e. The normalized spacial score (nSPS) is 19.0. The van der Waals surface area contributed by atoms with Gasteiger partial charge in [0.15, 0.2) is 0 Å². The van der Waals surface area contributed by atoms with Crippen LogP contribution >= 0.6 is 0 Å². The van der Waals surface area contributed by atoms with Crippen LogP contribution in [-0.4, -0.2) is 47.6 Å². The van der Waals surface area contributed by atoms with Gasteiger partial charge in [-0.3, -0.25) is 9.69 Å². The minimum Gasteiger partial charge on any atom is -0.480 e. The minimum absolute atomic E-state index is 0.0993. The molecule has 5 heteroatoms. The number of nitrogens with one attached hydrogen (secondary N) is 1. The standard InChI is InChI=1S/C12H22N2O3/c1-9(2)11(12(16)17)13-10(15)8-14-6-4-3-5-7-14/h9,11H,3-8H2,1-2H3,(H,13,15)(H,16,17)/t11-/m0/s1. The largest absolute Gasteiger partial charge is 0.480 e. The van der Waals surface area contributed by atoms with Gasteiger partial charge in [-0.2, -0.15) is 0 Å². The highest BCUT2D eigenvalue weighted by Crippen LogP contribution is 2.08. The highest BCUT2D eigenvalue weighted by atomic mass is 16.4. The van der Waals surface area contributed by atoms with Gasteiger partial charge in [0.25, 0.3) is 0 Å². The molecule has 0 radical (unpaired) electrons. The monoisotopic (exact) mass is 242 g/mol. The van der Waals surface area contributed by atoms with Crippen molar-refractivity contribution in [1.82, 2.24) is 10.2 Å². The summed E-state index contributed by atoms with van der Waals surface area (Å²) in [6.45, 7) is 5.77. The molecule has 0 aliphatic carbocycles. The molecule has 1 heterocycles. The zero-order valence-corrected chi connectivity index (χ0v) is 10.6. The number of rotatable bonds is 5. The van der Waals surface area contributed by atoms with Gasteiger partial charge in [-0.25, -0.2) is 4.79 Å². The summed E-state index contributed by atoms with van der Waals surface area (Å²) in [5.74, 6) is -1.25. The number of hydrogen-bond acceptors (Lipinski definition) is 3. The smallest absolute Gasteiger partial charge is 0.326 e. The first-order chi connectivity index (χ1) is 8.00. The number of hydrogen-bond donors (Lipinski definition) is 2. The lowest BCUT2D eigenvalue weighted by atomic mass is 10.0. The summed E-state index contributed by atoms with van der Waals surface area (Å²) in [5.41, 5.74) is 0. The first kappa shape index (κ1) is 14.0. The lowest BCUT2D eigenvalue weighted by molar-refractivity contribution is -0.143. The second kappa shape index (κ2) is 6.59. The number of amides is 1. The molecule has 2 N–H and O–H groups in total. The molecule has 1 rings (SSSR count). The molecular weight excluding hydrogens is 220 g/mol. The zero-order chi connectivity index (χ0) is 12.8. The fraction of sp³-hybridized carbons (Fsp3) is 0.833. The molecular formula is C12H22N2O3. The lowest BCUT2D eigenvalue weighted by Crippen LogP contribution is -2.48. The predicted molar refractivity (Wildman–Crippen MR) is 64.7 cm³/mol. The number of carboxylic acid groups (broad SMARTS) is 1. The first-order valence-electron chi connectivity index (χ1n) is 6.25. The zero-order valence-electron chi connectivity index (χ0n) is 10.6. The number of likely N-dealkylation sites (tertiary alicyclic amines) is 1. The quantitative estimate of drug-likeness (QED) is 0.744. The van der Waals surface area contributed by atoms with Crippen LogP contribution in [0, 0.1) is 5.92 Å². The molecule has 98 valence electrons. The van der Waals surface area contributed by atoms with E-state index in [-0.39, 0.29) is 11.8 Å². The van der Waals surface area contributed by atoms with Crippen molar-refractivity contribution in [3.8, 4) is 0 Å². The molecule has 0 aromatic heterocycles. The van der Waals surface area contributed by atoms with Crippen LogP contribution in [0.1, 0.15) is 33.1 Å². The van der Waals surface area contributed by atoms with Crippen molar-refractivity contribution in [3.05, 3.63) is 0 Å². The second-order valence-corrected chi connectivity index (χ2v) is 4.96. The number of aliphatic carboxylic acids is 1. The number of piperidine rings is 1. The molecule has 5 nitrogen and oxygen atoms in total. The van der Waals surface area contributed by atoms with Gasteiger partial charge >= 0.3 is 5.97 Å². The van der Waals surface area contributed by atoms with Crippen LogP contribution in [0.15, 0.2) is 0 Å². The van der Waals surface area contributed by atoms with Gasteiger partial charge in [-0.05, 0) is 31.8 Å². The average molecular weight is 242 g/mol. The molecule has 0 aromatic rings. The van der Waals surface area contributed by atoms with Crippen LogP contribution in [0.25, 0.3) is 0 Å². The molecule has 0 unspecified atom stereocenters. The van der Waals surface area contributed by atoms with Gasteiger partial charge in [0.05, 0.1) is 6.54 Å². The lowest BCUT2D eigenvalue weighted by Gasteiger charge is -2.26. The molecule has 1 fully saturated rings. The van der Waals surface area contributed by atoms with Gasteiger partial charge in [0.1, 0.15) is 6.04 Å². The van der Waals surface area contributed by atoms with Crippen molar-refractivity contribution < 1.29 is 14.7 Å². The van der Waals surface area contributed by atoms with Crippen molar-refractivity contribution >= 4 is 11.9 Å². The fourth-order valence-corrected chi connectivity index (χ4v) is 2.05. The van der Waals surface area contributed by atoms with Crippen molar-refractivity contribution in [2.24, 2.45) is 5.92 Å². The van der Waals surface area contributed by atoms with Crippen LogP contribution in [0.5, 0.6) is 0 Å². The Morgan fingerprint density at radius 1 is 1.24 bits per heavy atom. The van der Waals surface area contributed by atoms with E-state index in [1.54, 1.807) is 13.8 Å². The van der Waals surface area contributed by atoms with Crippen molar-refractivity contribution in [1.29, 1.82) is 0 Å². The predicted octanol–water partition coefficient (Wildman–Crippen LogP) is 0.698. The van der Waals surface area contributed by atoms with E-state index in [2.05, 4.69) is 10.2 Å². The third-order valence-corrected chi connectivity index (χ3v) is 3.07. The van der Waals surface area contributed by atoms with Crippen LogP contribution in [0.4, 0.5) is 0 Å². The molecule has 0 spiro atoms. The summed E-state index contributed by atoms with van der Waals surface area (Å²) in [5, 5.41) is 11.6. The van der Waals surface area contributed by atoms with Crippen LogP contribution in [0.3, 0.4) is 0 Å². The number of carbonyl (C=O) groups is 2. The number of carboxylic acids is 1. The van der Waals surface area contributed by atoms with Gasteiger partial charge in [0.2, 0.25) is 5.91 Å². The molecule has 1 atom stereocenters. The molecule has 17 heavy (non-hydrogen) atoms. The molecule has 1 amide bonds. The molecule has 1 aliphatic heterocycles. The molecule has 1 aliphatic rings. The Labute approximate surface area is 102 Å². The van der Waals surface area contributed by atoms with E-state index in [4.69, 9.17) is 5.11 Å². The highest BCUT2D eigenvalue weighted by molar-refractivity contribution is 5.84. The third kappa shape index (κ3) is 4.73. The average Bonchev–Trinajstić information content (AvgIpc) is 2.26. The van der Waals surface area contributed by atoms with Crippen LogP contribution in [-0.2, 0) is 9.59 Å². The fourth-order valence-electron chi connectivity index (χ4n) is 2.05. The maximum absolute atomic E-state index is 11.7. The van der Waals surface area contributed by atoms with Gasteiger partial charge in [-0.1, -0.05) is 20.3 Å². The molecule has 1 saturated heterocycles. The number of carbonyl (C=O) groups excluding carboxylic acids is 1. The van der Waals surface area contributed by atoms with Crippen molar-refractivity contribution in [2.45, 2.75) is 39.2 Å². The minimum atomic E-state index is -0.966. The Morgan fingerprint density at radius 3 is 2.29 bits per heavy atom. The SMILES string of the molecule is CC(C)[C@H](NC(=O)CN1CCCCC1)C(=O)O. The van der Waals surface area contributed by atoms with E-state index in [0.29, 0.717) is 6.54 Å². The summed E-state index contributed by atoms with van der Waals surface area (Å²) in [6, 6.07) is -0.785. The van der Waals surface area contributed by atoms with E-state index >= 15 is 0 Å². The molecule has 0 aromatic carbocycles. The van der Waals surface area contributed by atoms with E-state index in [1.165, 1.54) is 6.42 Å². The summed E-state index contributed by atoms with van der Waals surface area (Å²) < 4.78 is 0. The second-order valence-electron chi connectivity index (χ2n) is 4.96. The molecule has 0 bridgehead atoms. The summed E-state index contributed by atoms with van der Waals surface area (Å²) in [6.07, 6.45) is 3.47. The van der Waals surface area contributed by atoms with Gasteiger partial charge < -0.3 is 10.4 Å². The van der Waals surface area contributed by atoms with Crippen molar-refractivity contribution in [3.63, 3.8) is 0 Å².